The lowest BCUT2D eigenvalue weighted by Crippen LogP contribution is -2.49. The second-order valence-corrected chi connectivity index (χ2v) is 7.61. The summed E-state index contributed by atoms with van der Waals surface area (Å²) in [6.45, 7) is 2.71. The maximum Gasteiger partial charge on any atom is 0.277 e. The minimum absolute atomic E-state index is 0.0105. The van der Waals surface area contributed by atoms with Gasteiger partial charge in [-0.1, -0.05) is 46.6 Å². The van der Waals surface area contributed by atoms with Crippen LogP contribution >= 0.6 is 23.2 Å². The lowest BCUT2D eigenvalue weighted by Gasteiger charge is -2.36. The van der Waals surface area contributed by atoms with Crippen LogP contribution in [0.5, 0.6) is 0 Å². The second kappa shape index (κ2) is 8.39. The molecule has 1 aliphatic rings. The van der Waals surface area contributed by atoms with Gasteiger partial charge in [-0.3, -0.25) is 9.59 Å². The number of anilines is 1. The van der Waals surface area contributed by atoms with Crippen molar-refractivity contribution in [2.75, 3.05) is 31.1 Å². The number of rotatable bonds is 4. The molecule has 0 atom stereocenters. The Morgan fingerprint density at radius 3 is 2.55 bits per heavy atom. The molecular weight excluding hydrogens is 413 g/mol. The Morgan fingerprint density at radius 1 is 1.00 bits per heavy atom. The fourth-order valence-corrected chi connectivity index (χ4v) is 3.88. The topological polar surface area (TPSA) is 71.3 Å². The van der Waals surface area contributed by atoms with Crippen LogP contribution < -0.4 is 10.5 Å². The number of hydrogen-bond acceptors (Lipinski definition) is 5. The number of aryl methyl sites for hydroxylation is 1. The maximum absolute atomic E-state index is 12.6. The number of aromatic nitrogens is 3. The van der Waals surface area contributed by atoms with Gasteiger partial charge in [0.25, 0.3) is 5.56 Å². The Balaban J connectivity index is 1.36. The molecule has 0 bridgehead atoms. The summed E-state index contributed by atoms with van der Waals surface area (Å²) in [4.78, 5) is 29.0. The highest BCUT2D eigenvalue weighted by Crippen LogP contribution is 2.32. The summed E-state index contributed by atoms with van der Waals surface area (Å²) in [6, 6.07) is 12.6. The molecule has 1 saturated heterocycles. The van der Waals surface area contributed by atoms with Crippen molar-refractivity contribution >= 4 is 45.7 Å². The van der Waals surface area contributed by atoms with Crippen molar-refractivity contribution in [3.05, 3.63) is 62.9 Å². The Labute approximate surface area is 177 Å². The maximum atomic E-state index is 12.6. The van der Waals surface area contributed by atoms with E-state index in [4.69, 9.17) is 23.2 Å². The molecule has 1 aliphatic heterocycles. The quantitative estimate of drug-likeness (QED) is 0.634. The molecule has 0 unspecified atom stereocenters. The summed E-state index contributed by atoms with van der Waals surface area (Å²) in [5.41, 5.74) is 1.20. The first kappa shape index (κ1) is 19.7. The van der Waals surface area contributed by atoms with Crippen molar-refractivity contribution in [2.45, 2.75) is 13.0 Å². The first-order chi connectivity index (χ1) is 14.0. The molecule has 9 heteroatoms. The number of fused-ring (bicyclic) bond motifs is 1. The molecule has 1 aromatic heterocycles. The van der Waals surface area contributed by atoms with Gasteiger partial charge in [-0.15, -0.1) is 5.10 Å². The largest absolute Gasteiger partial charge is 0.367 e. The number of carbonyl (C=O) groups excluding carboxylic acids is 1. The van der Waals surface area contributed by atoms with Crippen LogP contribution in [-0.4, -0.2) is 52.0 Å². The summed E-state index contributed by atoms with van der Waals surface area (Å²) in [6.07, 6.45) is 0.199. The van der Waals surface area contributed by atoms with Gasteiger partial charge in [0.05, 0.1) is 27.7 Å². The van der Waals surface area contributed by atoms with E-state index in [1.807, 2.05) is 12.1 Å². The fourth-order valence-electron chi connectivity index (χ4n) is 3.46. The highest BCUT2D eigenvalue weighted by Gasteiger charge is 2.23. The van der Waals surface area contributed by atoms with Gasteiger partial charge in [0.1, 0.15) is 5.52 Å². The molecule has 7 nitrogen and oxygen atoms in total. The highest BCUT2D eigenvalue weighted by molar-refractivity contribution is 6.43. The highest BCUT2D eigenvalue weighted by atomic mass is 35.5. The van der Waals surface area contributed by atoms with Gasteiger partial charge in [0, 0.05) is 32.6 Å². The van der Waals surface area contributed by atoms with Crippen LogP contribution in [0.3, 0.4) is 0 Å². The molecule has 0 spiro atoms. The molecule has 2 aromatic carbocycles. The molecule has 1 fully saturated rings. The van der Waals surface area contributed by atoms with Crippen molar-refractivity contribution in [1.29, 1.82) is 0 Å². The number of halogens is 2. The molecule has 0 N–H and O–H groups in total. The Kier molecular flexibility index (Phi) is 5.69. The molecule has 150 valence electrons. The van der Waals surface area contributed by atoms with E-state index in [9.17, 15) is 9.59 Å². The predicted molar refractivity (Wildman–Crippen MR) is 114 cm³/mol. The number of nitrogens with zero attached hydrogens (tertiary/aromatic N) is 5. The average molecular weight is 432 g/mol. The summed E-state index contributed by atoms with van der Waals surface area (Å²) in [5.74, 6) is -0.0105. The van der Waals surface area contributed by atoms with Gasteiger partial charge in [0.2, 0.25) is 5.91 Å². The summed E-state index contributed by atoms with van der Waals surface area (Å²) >= 11 is 12.4. The molecular formula is C20H19Cl2N5O2. The lowest BCUT2D eigenvalue weighted by atomic mass is 10.2. The zero-order valence-corrected chi connectivity index (χ0v) is 17.1. The molecule has 1 amide bonds. The van der Waals surface area contributed by atoms with E-state index in [-0.39, 0.29) is 24.4 Å². The first-order valence-electron chi connectivity index (χ1n) is 9.34. The first-order valence-corrected chi connectivity index (χ1v) is 10.1. The lowest BCUT2D eigenvalue weighted by molar-refractivity contribution is -0.131. The van der Waals surface area contributed by atoms with E-state index in [1.54, 1.807) is 35.2 Å². The van der Waals surface area contributed by atoms with Gasteiger partial charge >= 0.3 is 0 Å². The third kappa shape index (κ3) is 4.06. The minimum Gasteiger partial charge on any atom is -0.367 e. The van der Waals surface area contributed by atoms with E-state index < -0.39 is 0 Å². The zero-order valence-electron chi connectivity index (χ0n) is 15.6. The van der Waals surface area contributed by atoms with Gasteiger partial charge in [-0.2, -0.15) is 0 Å². The molecule has 2 heterocycles. The van der Waals surface area contributed by atoms with Crippen LogP contribution in [0.15, 0.2) is 47.3 Å². The van der Waals surface area contributed by atoms with E-state index in [0.717, 1.165) is 5.69 Å². The Bertz CT molecular complexity index is 1110. The summed E-state index contributed by atoms with van der Waals surface area (Å²) in [7, 11) is 0. The SMILES string of the molecule is O=C(CCn1nnc2ccccc2c1=O)N1CCN(c2cccc(Cl)c2Cl)CC1. The van der Waals surface area contributed by atoms with Crippen molar-refractivity contribution in [1.82, 2.24) is 19.9 Å². The van der Waals surface area contributed by atoms with Crippen molar-refractivity contribution < 1.29 is 4.79 Å². The fraction of sp³-hybridized carbons (Fsp3) is 0.300. The van der Waals surface area contributed by atoms with E-state index in [0.29, 0.717) is 47.1 Å². The molecule has 0 saturated carbocycles. The van der Waals surface area contributed by atoms with Crippen molar-refractivity contribution in [3.63, 3.8) is 0 Å². The average Bonchev–Trinajstić information content (AvgIpc) is 2.75. The van der Waals surface area contributed by atoms with Crippen molar-refractivity contribution in [2.24, 2.45) is 0 Å². The van der Waals surface area contributed by atoms with Gasteiger partial charge < -0.3 is 9.80 Å². The van der Waals surface area contributed by atoms with E-state index >= 15 is 0 Å². The van der Waals surface area contributed by atoms with E-state index in [1.165, 1.54) is 4.68 Å². The van der Waals surface area contributed by atoms with Crippen LogP contribution in [0, 0.1) is 0 Å². The Morgan fingerprint density at radius 2 is 1.76 bits per heavy atom. The van der Waals surface area contributed by atoms with Crippen LogP contribution in [0.1, 0.15) is 6.42 Å². The smallest absolute Gasteiger partial charge is 0.277 e. The monoisotopic (exact) mass is 431 g/mol. The number of benzene rings is 2. The number of amides is 1. The summed E-state index contributed by atoms with van der Waals surface area (Å²) < 4.78 is 1.25. The minimum atomic E-state index is -0.233. The van der Waals surface area contributed by atoms with Crippen LogP contribution in [-0.2, 0) is 11.3 Å². The van der Waals surface area contributed by atoms with Crippen LogP contribution in [0.25, 0.3) is 10.9 Å². The van der Waals surface area contributed by atoms with Gasteiger partial charge in [0.15, 0.2) is 0 Å². The number of hydrogen-bond donors (Lipinski definition) is 0. The van der Waals surface area contributed by atoms with Crippen LogP contribution in [0.2, 0.25) is 10.0 Å². The summed E-state index contributed by atoms with van der Waals surface area (Å²) in [5, 5.41) is 9.54. The van der Waals surface area contributed by atoms with Crippen LogP contribution in [0.4, 0.5) is 5.69 Å². The predicted octanol–water partition coefficient (Wildman–Crippen LogP) is 2.84. The number of piperazine rings is 1. The molecule has 0 radical (unpaired) electrons. The molecule has 4 rings (SSSR count). The van der Waals surface area contributed by atoms with E-state index in [2.05, 4.69) is 15.2 Å². The van der Waals surface area contributed by atoms with Gasteiger partial charge in [-0.05, 0) is 24.3 Å². The zero-order chi connectivity index (χ0) is 20.4. The Hall–Kier alpha value is -2.64. The standard InChI is InChI=1S/C20H19Cl2N5O2/c21-15-5-3-7-17(19(15)22)25-10-12-26(13-11-25)18(28)8-9-27-20(29)14-4-1-2-6-16(14)23-24-27/h1-7H,8-13H2. The third-order valence-corrected chi connectivity index (χ3v) is 5.88. The third-order valence-electron chi connectivity index (χ3n) is 5.07. The number of carbonyl (C=O) groups is 1. The molecule has 3 aromatic rings. The molecule has 29 heavy (non-hydrogen) atoms. The molecule has 0 aliphatic carbocycles. The normalized spacial score (nSPS) is 14.4. The van der Waals surface area contributed by atoms with Crippen molar-refractivity contribution in [3.8, 4) is 0 Å². The van der Waals surface area contributed by atoms with Gasteiger partial charge in [-0.25, -0.2) is 4.68 Å². The second-order valence-electron chi connectivity index (χ2n) is 6.83.